The minimum atomic E-state index is -1.55. The van der Waals surface area contributed by atoms with Gasteiger partial charge < -0.3 is 45.2 Å². The standard InChI is InChI=1S/C26H42O9/c1-12-14-6-5-13-8-25(14,11-24(13,4)32)9-17(28)26(33)15(12)7-18(23(26,2)3)35-22-21(31)20(30)19(29)16(10-27)34-22/h13,15-22,27-33H,5-11H2,1-4H3/t13-,15+,16-,17+,18+,19-,20+,21-,22+,24+,25-,26+/m0/s1. The molecule has 9 heteroatoms. The lowest BCUT2D eigenvalue weighted by Gasteiger charge is -2.47. The molecule has 5 rings (SSSR count). The van der Waals surface area contributed by atoms with Crippen molar-refractivity contribution in [3.05, 3.63) is 11.1 Å². The normalized spacial score (nSPS) is 55.5. The molecule has 12 atom stereocenters. The Morgan fingerprint density at radius 2 is 1.69 bits per heavy atom. The number of allylic oxidation sites excluding steroid dienone is 1. The lowest BCUT2D eigenvalue weighted by Crippen LogP contribution is -2.61. The van der Waals surface area contributed by atoms with E-state index in [1.165, 1.54) is 5.57 Å². The summed E-state index contributed by atoms with van der Waals surface area (Å²) in [6.07, 6.45) is -4.78. The van der Waals surface area contributed by atoms with Gasteiger partial charge in [-0.15, -0.1) is 0 Å². The molecule has 0 aromatic carbocycles. The van der Waals surface area contributed by atoms with Crippen LogP contribution in [0.2, 0.25) is 0 Å². The molecule has 35 heavy (non-hydrogen) atoms. The summed E-state index contributed by atoms with van der Waals surface area (Å²) < 4.78 is 11.7. The number of hydrogen-bond acceptors (Lipinski definition) is 9. The SMILES string of the molecule is CC1=C2CC[C@H]3C[C@]2(C[C@@H](O)[C@]2(O)[C@@H]1C[C@@H](O[C@H]1O[C@@H](CO)[C@H](O)[C@@H](O)[C@@H]1O)C2(C)C)C[C@@]3(C)O. The first-order valence-corrected chi connectivity index (χ1v) is 13.0. The highest BCUT2D eigenvalue weighted by Gasteiger charge is 2.69. The van der Waals surface area contributed by atoms with E-state index < -0.39 is 66.1 Å². The van der Waals surface area contributed by atoms with Crippen LogP contribution in [0.1, 0.15) is 66.2 Å². The van der Waals surface area contributed by atoms with Crippen LogP contribution in [-0.4, -0.2) is 96.5 Å². The molecule has 1 heterocycles. The predicted octanol–water partition coefficient (Wildman–Crippen LogP) is -0.0290. The van der Waals surface area contributed by atoms with E-state index in [1.54, 1.807) is 0 Å². The number of fused-ring (bicyclic) bond motifs is 2. The third-order valence-electron chi connectivity index (χ3n) is 10.7. The van der Waals surface area contributed by atoms with Crippen molar-refractivity contribution >= 4 is 0 Å². The van der Waals surface area contributed by atoms with Gasteiger partial charge in [0.1, 0.15) is 30.0 Å². The van der Waals surface area contributed by atoms with E-state index in [0.717, 1.165) is 24.8 Å². The van der Waals surface area contributed by atoms with Crippen molar-refractivity contribution in [2.24, 2.45) is 22.7 Å². The fourth-order valence-corrected chi connectivity index (χ4v) is 8.58. The van der Waals surface area contributed by atoms with Gasteiger partial charge in [0.25, 0.3) is 0 Å². The van der Waals surface area contributed by atoms with Gasteiger partial charge in [0.05, 0.1) is 24.4 Å². The molecule has 1 saturated heterocycles. The predicted molar refractivity (Wildman–Crippen MR) is 124 cm³/mol. The van der Waals surface area contributed by atoms with Gasteiger partial charge in [-0.25, -0.2) is 0 Å². The molecule has 0 unspecified atom stereocenters. The summed E-state index contributed by atoms with van der Waals surface area (Å²) in [7, 11) is 0. The van der Waals surface area contributed by atoms with E-state index in [2.05, 4.69) is 0 Å². The van der Waals surface area contributed by atoms with Crippen LogP contribution in [-0.2, 0) is 9.47 Å². The van der Waals surface area contributed by atoms with Gasteiger partial charge in [0.15, 0.2) is 6.29 Å². The highest BCUT2D eigenvalue weighted by molar-refractivity contribution is 5.37. The molecule has 200 valence electrons. The molecular weight excluding hydrogens is 456 g/mol. The van der Waals surface area contributed by atoms with E-state index in [1.807, 2.05) is 27.7 Å². The fourth-order valence-electron chi connectivity index (χ4n) is 8.58. The second-order valence-corrected chi connectivity index (χ2v) is 12.8. The Labute approximate surface area is 206 Å². The van der Waals surface area contributed by atoms with Crippen LogP contribution in [0.15, 0.2) is 11.1 Å². The van der Waals surface area contributed by atoms with Crippen molar-refractivity contribution < 1.29 is 45.2 Å². The first-order chi connectivity index (χ1) is 16.2. The Kier molecular flexibility index (Phi) is 6.08. The van der Waals surface area contributed by atoms with Crippen molar-refractivity contribution in [1.29, 1.82) is 0 Å². The second kappa shape index (κ2) is 8.19. The molecule has 4 fully saturated rings. The summed E-state index contributed by atoms with van der Waals surface area (Å²) >= 11 is 0. The largest absolute Gasteiger partial charge is 0.394 e. The zero-order valence-corrected chi connectivity index (χ0v) is 21.1. The molecule has 5 aliphatic rings. The summed E-state index contributed by atoms with van der Waals surface area (Å²) in [6, 6.07) is 0. The highest BCUT2D eigenvalue weighted by atomic mass is 16.7. The molecule has 1 spiro atoms. The molecule has 7 N–H and O–H groups in total. The lowest BCUT2D eigenvalue weighted by atomic mass is 9.66. The molecule has 9 nitrogen and oxygen atoms in total. The maximum atomic E-state index is 12.3. The van der Waals surface area contributed by atoms with Crippen molar-refractivity contribution in [1.82, 2.24) is 0 Å². The van der Waals surface area contributed by atoms with Gasteiger partial charge in [-0.1, -0.05) is 25.0 Å². The Balaban J connectivity index is 1.48. The summed E-state index contributed by atoms with van der Waals surface area (Å²) in [5.41, 5.74) is -1.28. The molecule has 0 radical (unpaired) electrons. The van der Waals surface area contributed by atoms with E-state index in [4.69, 9.17) is 9.47 Å². The zero-order valence-electron chi connectivity index (χ0n) is 21.1. The van der Waals surface area contributed by atoms with E-state index in [9.17, 15) is 35.7 Å². The monoisotopic (exact) mass is 498 g/mol. The number of aliphatic hydroxyl groups excluding tert-OH is 5. The average molecular weight is 499 g/mol. The topological polar surface area (TPSA) is 160 Å². The maximum absolute atomic E-state index is 12.3. The van der Waals surface area contributed by atoms with E-state index in [-0.39, 0.29) is 17.3 Å². The maximum Gasteiger partial charge on any atom is 0.186 e. The van der Waals surface area contributed by atoms with Crippen LogP contribution in [0.25, 0.3) is 0 Å². The van der Waals surface area contributed by atoms with Crippen molar-refractivity contribution in [3.8, 4) is 0 Å². The van der Waals surface area contributed by atoms with Crippen LogP contribution < -0.4 is 0 Å². The highest BCUT2D eigenvalue weighted by Crippen LogP contribution is 2.67. The Bertz CT molecular complexity index is 884. The average Bonchev–Trinajstić information content (AvgIpc) is 3.08. The quantitative estimate of drug-likeness (QED) is 0.265. The van der Waals surface area contributed by atoms with Crippen LogP contribution in [0, 0.1) is 22.7 Å². The van der Waals surface area contributed by atoms with Gasteiger partial charge in [0.2, 0.25) is 0 Å². The number of rotatable bonds is 3. The number of hydrogen-bond donors (Lipinski definition) is 7. The Hall–Kier alpha value is -0.620. The minimum absolute atomic E-state index is 0.189. The second-order valence-electron chi connectivity index (χ2n) is 12.8. The van der Waals surface area contributed by atoms with Crippen molar-refractivity contribution in [2.75, 3.05) is 6.61 Å². The van der Waals surface area contributed by atoms with Gasteiger partial charge in [0, 0.05) is 11.3 Å². The molecular formula is C26H42O9. The van der Waals surface area contributed by atoms with Crippen molar-refractivity contribution in [2.45, 2.75) is 120 Å². The number of aliphatic hydroxyl groups is 7. The zero-order chi connectivity index (χ0) is 25.7. The molecule has 0 aromatic heterocycles. The summed E-state index contributed by atoms with van der Waals surface area (Å²) in [4.78, 5) is 0. The van der Waals surface area contributed by atoms with Gasteiger partial charge >= 0.3 is 0 Å². The molecule has 0 aromatic rings. The summed E-state index contributed by atoms with van der Waals surface area (Å²) in [5, 5.41) is 75.3. The molecule has 3 saturated carbocycles. The molecule has 0 amide bonds. The third kappa shape index (κ3) is 3.47. The van der Waals surface area contributed by atoms with Crippen LogP contribution >= 0.6 is 0 Å². The Morgan fingerprint density at radius 1 is 1.00 bits per heavy atom. The fraction of sp³-hybridized carbons (Fsp3) is 0.923. The Morgan fingerprint density at radius 3 is 2.34 bits per heavy atom. The first-order valence-electron chi connectivity index (χ1n) is 13.0. The third-order valence-corrected chi connectivity index (χ3v) is 10.7. The van der Waals surface area contributed by atoms with Crippen molar-refractivity contribution in [3.63, 3.8) is 0 Å². The van der Waals surface area contributed by atoms with Crippen LogP contribution in [0.3, 0.4) is 0 Å². The van der Waals surface area contributed by atoms with Gasteiger partial charge in [-0.2, -0.15) is 0 Å². The van der Waals surface area contributed by atoms with E-state index >= 15 is 0 Å². The minimum Gasteiger partial charge on any atom is -0.394 e. The molecule has 4 aliphatic carbocycles. The molecule has 2 bridgehead atoms. The van der Waals surface area contributed by atoms with E-state index in [0.29, 0.717) is 19.3 Å². The van der Waals surface area contributed by atoms with Gasteiger partial charge in [-0.05, 0) is 63.7 Å². The number of ether oxygens (including phenoxy) is 2. The van der Waals surface area contributed by atoms with Gasteiger partial charge in [-0.3, -0.25) is 0 Å². The summed E-state index contributed by atoms with van der Waals surface area (Å²) in [5.74, 6) is -0.201. The molecule has 1 aliphatic heterocycles. The smallest absolute Gasteiger partial charge is 0.186 e. The summed E-state index contributed by atoms with van der Waals surface area (Å²) in [6.45, 7) is 7.05. The first kappa shape index (κ1) is 26.0. The van der Waals surface area contributed by atoms with Crippen LogP contribution in [0.4, 0.5) is 0 Å². The van der Waals surface area contributed by atoms with Crippen LogP contribution in [0.5, 0.6) is 0 Å². The lowest BCUT2D eigenvalue weighted by molar-refractivity contribution is -0.321.